The molecule has 2 amide bonds. The minimum atomic E-state index is -0.746. The molecule has 0 fully saturated rings. The smallest absolute Gasteiger partial charge is 0.309 e. The second-order valence-electron chi connectivity index (χ2n) is 5.60. The number of methoxy groups -OCH3 is 1. The van der Waals surface area contributed by atoms with Crippen LogP contribution in [0.2, 0.25) is 0 Å². The second-order valence-corrected chi connectivity index (χ2v) is 5.60. The molecule has 0 aliphatic heterocycles. The lowest BCUT2D eigenvalue weighted by Gasteiger charge is -2.18. The third kappa shape index (κ3) is 5.39. The first-order valence-corrected chi connectivity index (χ1v) is 7.90. The number of aryl methyl sites for hydroxylation is 1. The molecule has 2 aromatic carbocycles. The fourth-order valence-electron chi connectivity index (χ4n) is 2.40. The molecular weight excluding hydrogens is 323 g/mol. The van der Waals surface area contributed by atoms with Crippen molar-refractivity contribution in [3.05, 3.63) is 71.0 Å². The van der Waals surface area contributed by atoms with Gasteiger partial charge in [0.05, 0.1) is 6.10 Å². The third-order valence-electron chi connectivity index (χ3n) is 3.84. The SMILES string of the molecule is CO[C@H](CNC(=O)C(=O)NCc1ccc(F)cc1)c1ccccc1C. The van der Waals surface area contributed by atoms with E-state index in [1.54, 1.807) is 19.2 Å². The molecule has 0 aliphatic carbocycles. The second kappa shape index (κ2) is 8.94. The lowest BCUT2D eigenvalue weighted by atomic mass is 10.0. The highest BCUT2D eigenvalue weighted by atomic mass is 19.1. The van der Waals surface area contributed by atoms with Crippen molar-refractivity contribution < 1.29 is 18.7 Å². The molecule has 0 heterocycles. The third-order valence-corrected chi connectivity index (χ3v) is 3.84. The van der Waals surface area contributed by atoms with Crippen molar-refractivity contribution in [1.29, 1.82) is 0 Å². The highest BCUT2D eigenvalue weighted by Crippen LogP contribution is 2.19. The summed E-state index contributed by atoms with van der Waals surface area (Å²) < 4.78 is 18.2. The normalized spacial score (nSPS) is 11.6. The summed E-state index contributed by atoms with van der Waals surface area (Å²) in [5.41, 5.74) is 2.71. The Kier molecular flexibility index (Phi) is 6.65. The van der Waals surface area contributed by atoms with Gasteiger partial charge in [-0.25, -0.2) is 4.39 Å². The van der Waals surface area contributed by atoms with E-state index in [0.717, 1.165) is 11.1 Å². The molecule has 2 aromatic rings. The number of carbonyl (C=O) groups is 2. The van der Waals surface area contributed by atoms with E-state index in [2.05, 4.69) is 10.6 Å². The van der Waals surface area contributed by atoms with Gasteiger partial charge in [-0.05, 0) is 35.7 Å². The Balaban J connectivity index is 1.85. The maximum absolute atomic E-state index is 12.8. The van der Waals surface area contributed by atoms with Crippen LogP contribution in [0.4, 0.5) is 4.39 Å². The first kappa shape index (κ1) is 18.6. The largest absolute Gasteiger partial charge is 0.375 e. The van der Waals surface area contributed by atoms with Gasteiger partial charge in [-0.15, -0.1) is 0 Å². The van der Waals surface area contributed by atoms with Crippen molar-refractivity contribution in [1.82, 2.24) is 10.6 Å². The number of ether oxygens (including phenoxy) is 1. The van der Waals surface area contributed by atoms with E-state index < -0.39 is 11.8 Å². The molecule has 25 heavy (non-hydrogen) atoms. The van der Waals surface area contributed by atoms with Crippen molar-refractivity contribution in [2.45, 2.75) is 19.6 Å². The Bertz CT molecular complexity index is 732. The zero-order valence-corrected chi connectivity index (χ0v) is 14.2. The molecule has 2 N–H and O–H groups in total. The van der Waals surface area contributed by atoms with Gasteiger partial charge in [0.1, 0.15) is 5.82 Å². The fraction of sp³-hybridized carbons (Fsp3) is 0.263. The van der Waals surface area contributed by atoms with Crippen LogP contribution in [0.15, 0.2) is 48.5 Å². The molecule has 0 spiro atoms. The molecule has 1 atom stereocenters. The van der Waals surface area contributed by atoms with Gasteiger partial charge in [0.25, 0.3) is 0 Å². The van der Waals surface area contributed by atoms with E-state index in [0.29, 0.717) is 5.56 Å². The highest BCUT2D eigenvalue weighted by Gasteiger charge is 2.17. The summed E-state index contributed by atoms with van der Waals surface area (Å²) in [6, 6.07) is 13.4. The van der Waals surface area contributed by atoms with Crippen molar-refractivity contribution in [2.24, 2.45) is 0 Å². The predicted molar refractivity (Wildman–Crippen MR) is 92.2 cm³/mol. The topological polar surface area (TPSA) is 67.4 Å². The summed E-state index contributed by atoms with van der Waals surface area (Å²) in [7, 11) is 1.55. The van der Waals surface area contributed by atoms with E-state index in [-0.39, 0.29) is 25.0 Å². The van der Waals surface area contributed by atoms with Crippen LogP contribution in [0.25, 0.3) is 0 Å². The molecule has 0 bridgehead atoms. The highest BCUT2D eigenvalue weighted by molar-refractivity contribution is 6.35. The first-order chi connectivity index (χ1) is 12.0. The molecule has 0 radical (unpaired) electrons. The van der Waals surface area contributed by atoms with Crippen molar-refractivity contribution in [3.8, 4) is 0 Å². The Labute approximate surface area is 146 Å². The Hall–Kier alpha value is -2.73. The number of hydrogen-bond donors (Lipinski definition) is 2. The van der Waals surface area contributed by atoms with Gasteiger partial charge in [0.15, 0.2) is 0 Å². The molecule has 5 nitrogen and oxygen atoms in total. The lowest BCUT2D eigenvalue weighted by Crippen LogP contribution is -2.41. The van der Waals surface area contributed by atoms with Crippen molar-refractivity contribution in [2.75, 3.05) is 13.7 Å². The maximum atomic E-state index is 12.8. The summed E-state index contributed by atoms with van der Waals surface area (Å²) in [6.07, 6.45) is -0.338. The van der Waals surface area contributed by atoms with Gasteiger partial charge < -0.3 is 15.4 Å². The van der Waals surface area contributed by atoms with E-state index in [4.69, 9.17) is 4.74 Å². The van der Waals surface area contributed by atoms with Crippen LogP contribution in [-0.2, 0) is 20.9 Å². The molecule has 0 unspecified atom stereocenters. The molecule has 0 saturated heterocycles. The molecule has 0 saturated carbocycles. The van der Waals surface area contributed by atoms with Crippen LogP contribution < -0.4 is 10.6 Å². The summed E-state index contributed by atoms with van der Waals surface area (Å²) in [5, 5.41) is 5.07. The first-order valence-electron chi connectivity index (χ1n) is 7.90. The number of benzene rings is 2. The Morgan fingerprint density at radius 1 is 1.04 bits per heavy atom. The van der Waals surface area contributed by atoms with E-state index >= 15 is 0 Å². The number of rotatable bonds is 6. The Morgan fingerprint density at radius 3 is 2.32 bits per heavy atom. The predicted octanol–water partition coefficient (Wildman–Crippen LogP) is 2.25. The zero-order chi connectivity index (χ0) is 18.2. The molecule has 2 rings (SSSR count). The van der Waals surface area contributed by atoms with Crippen LogP contribution in [0.5, 0.6) is 0 Å². The quantitative estimate of drug-likeness (QED) is 0.790. The monoisotopic (exact) mass is 344 g/mol. The number of amides is 2. The van der Waals surface area contributed by atoms with Gasteiger partial charge in [-0.3, -0.25) is 9.59 Å². The molecule has 0 aromatic heterocycles. The average Bonchev–Trinajstić information content (AvgIpc) is 2.62. The number of hydrogen-bond acceptors (Lipinski definition) is 3. The maximum Gasteiger partial charge on any atom is 0.309 e. The van der Waals surface area contributed by atoms with Crippen molar-refractivity contribution >= 4 is 11.8 Å². The molecular formula is C19H21FN2O3. The summed E-state index contributed by atoms with van der Waals surface area (Å²) in [4.78, 5) is 23.8. The minimum Gasteiger partial charge on any atom is -0.375 e. The lowest BCUT2D eigenvalue weighted by molar-refractivity contribution is -0.139. The van der Waals surface area contributed by atoms with Crippen LogP contribution in [0, 0.1) is 12.7 Å². The van der Waals surface area contributed by atoms with E-state index in [1.165, 1.54) is 12.1 Å². The standard InChI is InChI=1S/C19H21FN2O3/c1-13-5-3-4-6-16(13)17(25-2)12-22-19(24)18(23)21-11-14-7-9-15(20)10-8-14/h3-10,17H,11-12H2,1-2H3,(H,21,23)(H,22,24)/t17-/m1/s1. The molecule has 6 heteroatoms. The van der Waals surface area contributed by atoms with Gasteiger partial charge in [-0.1, -0.05) is 36.4 Å². The number of carbonyl (C=O) groups excluding carboxylic acids is 2. The molecule has 132 valence electrons. The fourth-order valence-corrected chi connectivity index (χ4v) is 2.40. The van der Waals surface area contributed by atoms with Gasteiger partial charge in [0, 0.05) is 20.2 Å². The summed E-state index contributed by atoms with van der Waals surface area (Å²) in [5.74, 6) is -1.84. The van der Waals surface area contributed by atoms with Crippen LogP contribution >= 0.6 is 0 Å². The van der Waals surface area contributed by atoms with Crippen LogP contribution in [-0.4, -0.2) is 25.5 Å². The van der Waals surface area contributed by atoms with E-state index in [9.17, 15) is 14.0 Å². The van der Waals surface area contributed by atoms with Crippen LogP contribution in [0.3, 0.4) is 0 Å². The van der Waals surface area contributed by atoms with Crippen molar-refractivity contribution in [3.63, 3.8) is 0 Å². The summed E-state index contributed by atoms with van der Waals surface area (Å²) in [6.45, 7) is 2.29. The number of halogens is 1. The van der Waals surface area contributed by atoms with Gasteiger partial charge in [0.2, 0.25) is 0 Å². The zero-order valence-electron chi connectivity index (χ0n) is 14.2. The van der Waals surface area contributed by atoms with E-state index in [1.807, 2.05) is 31.2 Å². The van der Waals surface area contributed by atoms with Crippen LogP contribution in [0.1, 0.15) is 22.8 Å². The van der Waals surface area contributed by atoms with Gasteiger partial charge in [-0.2, -0.15) is 0 Å². The molecule has 0 aliphatic rings. The Morgan fingerprint density at radius 2 is 1.68 bits per heavy atom. The summed E-state index contributed by atoms with van der Waals surface area (Å²) >= 11 is 0. The number of nitrogens with one attached hydrogen (secondary N) is 2. The average molecular weight is 344 g/mol. The van der Waals surface area contributed by atoms with Gasteiger partial charge >= 0.3 is 11.8 Å². The minimum absolute atomic E-state index is 0.151.